The number of amides is 3. The number of hydrogen-bond donors (Lipinski definition) is 7. The number of phenolic OH excluding ortho intramolecular Hbond substituents is 1. The average molecular weight is 487 g/mol. The summed E-state index contributed by atoms with van der Waals surface area (Å²) < 4.78 is 0. The number of imidazole rings is 1. The number of aromatic amines is 1. The normalized spacial score (nSPS) is 17.7. The Morgan fingerprint density at radius 2 is 1.74 bits per heavy atom. The standard InChI is InChI=1S/C23H30N6O6/c1-13(23(34)35)27-21(32)19(10-15-11-24-12-26-15)29-22(33)18(9-14-4-6-16(30)7-5-14)28-20(31)17-3-2-8-25-17/h4-7,11-13,17-19,25,30H,2-3,8-10H2,1H3,(H,24,26)(H,27,32)(H,28,31)(H,29,33)(H,34,35). The van der Waals surface area contributed by atoms with Crippen molar-refractivity contribution in [1.82, 2.24) is 31.2 Å². The molecule has 0 radical (unpaired) electrons. The number of carboxylic acids is 1. The van der Waals surface area contributed by atoms with Crippen LogP contribution in [0.15, 0.2) is 36.8 Å². The van der Waals surface area contributed by atoms with E-state index in [4.69, 9.17) is 5.11 Å². The smallest absolute Gasteiger partial charge is 0.325 e. The first kappa shape index (κ1) is 25.7. The molecular weight excluding hydrogens is 456 g/mol. The van der Waals surface area contributed by atoms with Gasteiger partial charge in [0.2, 0.25) is 17.7 Å². The Labute approximate surface area is 201 Å². The number of phenols is 1. The highest BCUT2D eigenvalue weighted by Crippen LogP contribution is 2.13. The highest BCUT2D eigenvalue weighted by molar-refractivity contribution is 5.94. The summed E-state index contributed by atoms with van der Waals surface area (Å²) in [7, 11) is 0. The molecule has 0 saturated carbocycles. The van der Waals surface area contributed by atoms with Gasteiger partial charge >= 0.3 is 5.97 Å². The molecule has 1 saturated heterocycles. The Hall–Kier alpha value is -3.93. The highest BCUT2D eigenvalue weighted by Gasteiger charge is 2.31. The summed E-state index contributed by atoms with van der Waals surface area (Å²) >= 11 is 0. The Morgan fingerprint density at radius 3 is 2.34 bits per heavy atom. The zero-order chi connectivity index (χ0) is 25.4. The lowest BCUT2D eigenvalue weighted by Gasteiger charge is -2.24. The molecule has 2 aromatic rings. The minimum atomic E-state index is -1.22. The minimum absolute atomic E-state index is 0.0357. The average Bonchev–Trinajstić information content (AvgIpc) is 3.54. The van der Waals surface area contributed by atoms with Gasteiger partial charge in [0.1, 0.15) is 23.9 Å². The molecule has 3 amide bonds. The van der Waals surface area contributed by atoms with E-state index < -0.39 is 42.0 Å². The van der Waals surface area contributed by atoms with Crippen LogP contribution >= 0.6 is 0 Å². The van der Waals surface area contributed by atoms with Gasteiger partial charge in [0.25, 0.3) is 0 Å². The molecule has 188 valence electrons. The number of carboxylic acid groups (broad SMARTS) is 1. The van der Waals surface area contributed by atoms with E-state index >= 15 is 0 Å². The molecular formula is C23H30N6O6. The van der Waals surface area contributed by atoms with E-state index in [-0.39, 0.29) is 24.5 Å². The van der Waals surface area contributed by atoms with Crippen molar-refractivity contribution in [3.8, 4) is 5.75 Å². The molecule has 0 spiro atoms. The summed E-state index contributed by atoms with van der Waals surface area (Å²) in [6, 6.07) is 2.53. The van der Waals surface area contributed by atoms with E-state index in [0.29, 0.717) is 24.2 Å². The van der Waals surface area contributed by atoms with E-state index in [1.165, 1.54) is 31.6 Å². The van der Waals surface area contributed by atoms with Crippen LogP contribution in [0.3, 0.4) is 0 Å². The largest absolute Gasteiger partial charge is 0.508 e. The Bertz CT molecular complexity index is 1020. The summed E-state index contributed by atoms with van der Waals surface area (Å²) in [6.45, 7) is 2.03. The fourth-order valence-corrected chi connectivity index (χ4v) is 3.73. The van der Waals surface area contributed by atoms with Gasteiger partial charge in [-0.25, -0.2) is 4.98 Å². The maximum absolute atomic E-state index is 13.3. The zero-order valence-corrected chi connectivity index (χ0v) is 19.3. The van der Waals surface area contributed by atoms with E-state index in [2.05, 4.69) is 31.2 Å². The SMILES string of the molecule is CC(NC(=O)C(Cc1cnc[nH]1)NC(=O)C(Cc1ccc(O)cc1)NC(=O)C1CCCN1)C(=O)O. The van der Waals surface area contributed by atoms with Gasteiger partial charge in [-0.3, -0.25) is 19.2 Å². The number of carbonyl (C=O) groups excluding carboxylic acids is 3. The molecule has 1 fully saturated rings. The topological polar surface area (TPSA) is 186 Å². The first-order valence-electron chi connectivity index (χ1n) is 11.4. The van der Waals surface area contributed by atoms with Gasteiger partial charge in [0.05, 0.1) is 12.4 Å². The summed E-state index contributed by atoms with van der Waals surface area (Å²) in [5, 5.41) is 29.6. The van der Waals surface area contributed by atoms with Gasteiger partial charge < -0.3 is 36.5 Å². The number of rotatable bonds is 11. The van der Waals surface area contributed by atoms with Crippen molar-refractivity contribution >= 4 is 23.7 Å². The molecule has 12 heteroatoms. The third-order valence-electron chi connectivity index (χ3n) is 5.73. The lowest BCUT2D eigenvalue weighted by molar-refractivity contribution is -0.141. The number of aliphatic carboxylic acids is 1. The second-order valence-corrected chi connectivity index (χ2v) is 8.49. The van der Waals surface area contributed by atoms with Crippen LogP contribution in [-0.4, -0.2) is 74.6 Å². The minimum Gasteiger partial charge on any atom is -0.508 e. The second kappa shape index (κ2) is 12.0. The molecule has 4 atom stereocenters. The number of H-pyrrole nitrogens is 1. The van der Waals surface area contributed by atoms with Gasteiger partial charge in [-0.05, 0) is 44.0 Å². The van der Waals surface area contributed by atoms with E-state index in [0.717, 1.165) is 6.42 Å². The molecule has 12 nitrogen and oxygen atoms in total. The van der Waals surface area contributed by atoms with Gasteiger partial charge in [-0.1, -0.05) is 12.1 Å². The van der Waals surface area contributed by atoms with E-state index in [1.54, 1.807) is 12.1 Å². The monoisotopic (exact) mass is 486 g/mol. The number of aromatic nitrogens is 2. The van der Waals surface area contributed by atoms with Gasteiger partial charge in [-0.15, -0.1) is 0 Å². The Kier molecular flexibility index (Phi) is 8.79. The molecule has 2 heterocycles. The first-order valence-corrected chi connectivity index (χ1v) is 11.4. The third-order valence-corrected chi connectivity index (χ3v) is 5.73. The number of hydrogen-bond acceptors (Lipinski definition) is 7. The van der Waals surface area contributed by atoms with Gasteiger partial charge in [0, 0.05) is 24.7 Å². The van der Waals surface area contributed by atoms with Crippen LogP contribution in [0, 0.1) is 0 Å². The van der Waals surface area contributed by atoms with Crippen LogP contribution in [0.1, 0.15) is 31.0 Å². The van der Waals surface area contributed by atoms with Gasteiger partial charge in [0.15, 0.2) is 0 Å². The van der Waals surface area contributed by atoms with Crippen LogP contribution in [0.2, 0.25) is 0 Å². The molecule has 1 aliphatic rings. The van der Waals surface area contributed by atoms with Crippen molar-refractivity contribution in [2.45, 2.75) is 56.8 Å². The molecule has 1 aromatic heterocycles. The number of nitrogens with zero attached hydrogens (tertiary/aromatic N) is 1. The highest BCUT2D eigenvalue weighted by atomic mass is 16.4. The molecule has 0 bridgehead atoms. The van der Waals surface area contributed by atoms with Crippen LogP contribution in [0.25, 0.3) is 0 Å². The van der Waals surface area contributed by atoms with Crippen LogP contribution < -0.4 is 21.3 Å². The number of aromatic hydroxyl groups is 1. The zero-order valence-electron chi connectivity index (χ0n) is 19.3. The summed E-state index contributed by atoms with van der Waals surface area (Å²) in [5.41, 5.74) is 1.25. The first-order chi connectivity index (χ1) is 16.7. The Balaban J connectivity index is 1.78. The molecule has 35 heavy (non-hydrogen) atoms. The fourth-order valence-electron chi connectivity index (χ4n) is 3.73. The van der Waals surface area contributed by atoms with Crippen molar-refractivity contribution in [3.05, 3.63) is 48.0 Å². The summed E-state index contributed by atoms with van der Waals surface area (Å²) in [5.74, 6) is -2.76. The van der Waals surface area contributed by atoms with Crippen LogP contribution in [-0.2, 0) is 32.0 Å². The van der Waals surface area contributed by atoms with Crippen LogP contribution in [0.5, 0.6) is 5.75 Å². The molecule has 1 aromatic carbocycles. The molecule has 4 unspecified atom stereocenters. The van der Waals surface area contributed by atoms with Crippen molar-refractivity contribution in [2.24, 2.45) is 0 Å². The summed E-state index contributed by atoms with van der Waals surface area (Å²) in [4.78, 5) is 56.8. The quantitative estimate of drug-likeness (QED) is 0.215. The summed E-state index contributed by atoms with van der Waals surface area (Å²) in [6.07, 6.45) is 4.57. The Morgan fingerprint density at radius 1 is 1.06 bits per heavy atom. The van der Waals surface area contributed by atoms with E-state index in [9.17, 15) is 24.3 Å². The van der Waals surface area contributed by atoms with Crippen molar-refractivity contribution in [1.29, 1.82) is 0 Å². The lowest BCUT2D eigenvalue weighted by Crippen LogP contribution is -2.57. The third kappa shape index (κ3) is 7.54. The molecule has 0 aliphatic carbocycles. The predicted molar refractivity (Wildman–Crippen MR) is 124 cm³/mol. The lowest BCUT2D eigenvalue weighted by atomic mass is 10.0. The fraction of sp³-hybridized carbons (Fsp3) is 0.435. The second-order valence-electron chi connectivity index (χ2n) is 8.49. The van der Waals surface area contributed by atoms with Crippen molar-refractivity contribution in [3.63, 3.8) is 0 Å². The number of nitrogens with one attached hydrogen (secondary N) is 5. The van der Waals surface area contributed by atoms with Crippen LogP contribution in [0.4, 0.5) is 0 Å². The molecule has 3 rings (SSSR count). The van der Waals surface area contributed by atoms with Gasteiger partial charge in [-0.2, -0.15) is 0 Å². The molecule has 1 aliphatic heterocycles. The predicted octanol–water partition coefficient (Wildman–Crippen LogP) is -0.789. The van der Waals surface area contributed by atoms with Crippen molar-refractivity contribution in [2.75, 3.05) is 6.54 Å². The number of carbonyl (C=O) groups is 4. The number of benzene rings is 1. The maximum Gasteiger partial charge on any atom is 0.325 e. The van der Waals surface area contributed by atoms with Crippen molar-refractivity contribution < 1.29 is 29.4 Å². The maximum atomic E-state index is 13.3. The molecule has 7 N–H and O–H groups in total. The van der Waals surface area contributed by atoms with E-state index in [1.807, 2.05) is 0 Å².